The molecule has 0 aliphatic heterocycles. The SMILES string of the molecule is CCCN(CC(NC)c1cc(C)ccc1OC)C1CC1. The van der Waals surface area contributed by atoms with Gasteiger partial charge in [-0.1, -0.05) is 24.6 Å². The smallest absolute Gasteiger partial charge is 0.123 e. The van der Waals surface area contributed by atoms with Crippen molar-refractivity contribution in [1.29, 1.82) is 0 Å². The number of rotatable bonds is 8. The van der Waals surface area contributed by atoms with Crippen molar-refractivity contribution in [2.24, 2.45) is 0 Å². The summed E-state index contributed by atoms with van der Waals surface area (Å²) in [5, 5.41) is 3.47. The van der Waals surface area contributed by atoms with Crippen molar-refractivity contribution < 1.29 is 4.74 Å². The molecule has 0 amide bonds. The van der Waals surface area contributed by atoms with Gasteiger partial charge >= 0.3 is 0 Å². The van der Waals surface area contributed by atoms with Crippen LogP contribution in [0.5, 0.6) is 5.75 Å². The molecule has 1 N–H and O–H groups in total. The minimum absolute atomic E-state index is 0.331. The maximum atomic E-state index is 5.54. The number of likely N-dealkylation sites (N-methyl/N-ethyl adjacent to an activating group) is 1. The Balaban J connectivity index is 2.16. The van der Waals surface area contributed by atoms with Gasteiger partial charge in [0.15, 0.2) is 0 Å². The van der Waals surface area contributed by atoms with Gasteiger partial charge in [0.2, 0.25) is 0 Å². The number of nitrogens with zero attached hydrogens (tertiary/aromatic N) is 1. The molecule has 20 heavy (non-hydrogen) atoms. The number of benzene rings is 1. The Morgan fingerprint density at radius 2 is 2.15 bits per heavy atom. The molecule has 1 aromatic rings. The normalized spacial score (nSPS) is 16.4. The third kappa shape index (κ3) is 3.74. The molecule has 3 heteroatoms. The molecule has 0 saturated heterocycles. The van der Waals surface area contributed by atoms with E-state index in [2.05, 4.69) is 42.3 Å². The summed E-state index contributed by atoms with van der Waals surface area (Å²) in [7, 11) is 3.80. The summed E-state index contributed by atoms with van der Waals surface area (Å²) in [4.78, 5) is 2.63. The molecule has 1 atom stereocenters. The lowest BCUT2D eigenvalue weighted by atomic mass is 10.0. The van der Waals surface area contributed by atoms with Crippen LogP contribution < -0.4 is 10.1 Å². The van der Waals surface area contributed by atoms with Crippen molar-refractivity contribution in [3.05, 3.63) is 29.3 Å². The van der Waals surface area contributed by atoms with Gasteiger partial charge in [0.25, 0.3) is 0 Å². The van der Waals surface area contributed by atoms with Crippen molar-refractivity contribution in [3.8, 4) is 5.75 Å². The van der Waals surface area contributed by atoms with Crippen LogP contribution in [0.2, 0.25) is 0 Å². The fraction of sp³-hybridized carbons (Fsp3) is 0.647. The van der Waals surface area contributed by atoms with Gasteiger partial charge in [-0.15, -0.1) is 0 Å². The molecule has 0 aromatic heterocycles. The van der Waals surface area contributed by atoms with Gasteiger partial charge in [-0.25, -0.2) is 0 Å². The van der Waals surface area contributed by atoms with Gasteiger partial charge in [0, 0.05) is 24.2 Å². The molecule has 1 unspecified atom stereocenters. The third-order valence-electron chi connectivity index (χ3n) is 4.10. The first-order valence-electron chi connectivity index (χ1n) is 7.75. The lowest BCUT2D eigenvalue weighted by molar-refractivity contribution is 0.235. The van der Waals surface area contributed by atoms with E-state index in [0.29, 0.717) is 6.04 Å². The van der Waals surface area contributed by atoms with Crippen molar-refractivity contribution in [2.75, 3.05) is 27.2 Å². The van der Waals surface area contributed by atoms with E-state index in [1.807, 2.05) is 7.05 Å². The predicted octanol–water partition coefficient (Wildman–Crippen LogP) is 3.14. The second-order valence-corrected chi connectivity index (χ2v) is 5.81. The molecule has 3 nitrogen and oxygen atoms in total. The summed E-state index contributed by atoms with van der Waals surface area (Å²) in [6, 6.07) is 7.58. The zero-order valence-electron chi connectivity index (χ0n) is 13.3. The van der Waals surface area contributed by atoms with Crippen molar-refractivity contribution in [2.45, 2.75) is 45.2 Å². The second-order valence-electron chi connectivity index (χ2n) is 5.81. The third-order valence-corrected chi connectivity index (χ3v) is 4.10. The minimum atomic E-state index is 0.331. The van der Waals surface area contributed by atoms with Gasteiger partial charge in [-0.05, 0) is 45.8 Å². The first-order valence-corrected chi connectivity index (χ1v) is 7.75. The molecule has 1 aromatic carbocycles. The zero-order valence-corrected chi connectivity index (χ0v) is 13.3. The number of ether oxygens (including phenoxy) is 1. The topological polar surface area (TPSA) is 24.5 Å². The van der Waals surface area contributed by atoms with Gasteiger partial charge in [-0.2, -0.15) is 0 Å². The van der Waals surface area contributed by atoms with E-state index < -0.39 is 0 Å². The van der Waals surface area contributed by atoms with Crippen LogP contribution in [0.15, 0.2) is 18.2 Å². The Hall–Kier alpha value is -1.06. The minimum Gasteiger partial charge on any atom is -0.496 e. The van der Waals surface area contributed by atoms with Crippen LogP contribution in [0.4, 0.5) is 0 Å². The van der Waals surface area contributed by atoms with E-state index >= 15 is 0 Å². The largest absolute Gasteiger partial charge is 0.496 e. The summed E-state index contributed by atoms with van der Waals surface area (Å²) >= 11 is 0. The van der Waals surface area contributed by atoms with Crippen LogP contribution in [-0.4, -0.2) is 38.2 Å². The molecule has 1 aliphatic carbocycles. The molecule has 1 saturated carbocycles. The van der Waals surface area contributed by atoms with E-state index in [4.69, 9.17) is 4.74 Å². The molecule has 0 radical (unpaired) electrons. The molecule has 1 aliphatic rings. The second kappa shape index (κ2) is 7.09. The van der Waals surface area contributed by atoms with E-state index in [-0.39, 0.29) is 0 Å². The standard InChI is InChI=1S/C17H28N2O/c1-5-10-19(14-7-8-14)12-16(18-3)15-11-13(2)6-9-17(15)20-4/h6,9,11,14,16,18H,5,7-8,10,12H2,1-4H3. The highest BCUT2D eigenvalue weighted by Crippen LogP contribution is 2.31. The van der Waals surface area contributed by atoms with Crippen molar-refractivity contribution in [1.82, 2.24) is 10.2 Å². The lowest BCUT2D eigenvalue weighted by Crippen LogP contribution is -2.36. The number of hydrogen-bond donors (Lipinski definition) is 1. The van der Waals surface area contributed by atoms with Crippen molar-refractivity contribution in [3.63, 3.8) is 0 Å². The van der Waals surface area contributed by atoms with E-state index in [1.165, 1.54) is 36.9 Å². The number of aryl methyl sites for hydroxylation is 1. The Morgan fingerprint density at radius 3 is 2.70 bits per heavy atom. The van der Waals surface area contributed by atoms with Crippen LogP contribution in [0.1, 0.15) is 43.4 Å². The van der Waals surface area contributed by atoms with Gasteiger partial charge in [0.05, 0.1) is 7.11 Å². The molecule has 0 bridgehead atoms. The molecule has 1 fully saturated rings. The monoisotopic (exact) mass is 276 g/mol. The van der Waals surface area contributed by atoms with Crippen molar-refractivity contribution >= 4 is 0 Å². The molecule has 0 spiro atoms. The Bertz CT molecular complexity index is 429. The molecule has 0 heterocycles. The summed E-state index contributed by atoms with van der Waals surface area (Å²) in [5.74, 6) is 0.988. The first-order chi connectivity index (χ1) is 9.69. The number of methoxy groups -OCH3 is 1. The van der Waals surface area contributed by atoms with Crippen LogP contribution in [-0.2, 0) is 0 Å². The highest BCUT2D eigenvalue weighted by atomic mass is 16.5. The summed E-state index contributed by atoms with van der Waals surface area (Å²) < 4.78 is 5.54. The Kier molecular flexibility index (Phi) is 5.44. The van der Waals surface area contributed by atoms with E-state index in [9.17, 15) is 0 Å². The lowest BCUT2D eigenvalue weighted by Gasteiger charge is -2.28. The van der Waals surface area contributed by atoms with E-state index in [0.717, 1.165) is 18.3 Å². The van der Waals surface area contributed by atoms with Crippen LogP contribution in [0, 0.1) is 6.92 Å². The highest BCUT2D eigenvalue weighted by molar-refractivity contribution is 5.39. The highest BCUT2D eigenvalue weighted by Gasteiger charge is 2.30. The maximum Gasteiger partial charge on any atom is 0.123 e. The Labute approximate surface area is 123 Å². The van der Waals surface area contributed by atoms with Gasteiger partial charge in [0.1, 0.15) is 5.75 Å². The summed E-state index contributed by atoms with van der Waals surface area (Å²) in [6.45, 7) is 6.66. The summed E-state index contributed by atoms with van der Waals surface area (Å²) in [6.07, 6.45) is 3.95. The van der Waals surface area contributed by atoms with Gasteiger partial charge in [-0.3, -0.25) is 4.90 Å². The quantitative estimate of drug-likeness (QED) is 0.789. The average molecular weight is 276 g/mol. The van der Waals surface area contributed by atoms with Gasteiger partial charge < -0.3 is 10.1 Å². The summed E-state index contributed by atoms with van der Waals surface area (Å²) in [5.41, 5.74) is 2.56. The number of nitrogens with one attached hydrogen (secondary N) is 1. The average Bonchev–Trinajstić information content (AvgIpc) is 3.28. The number of hydrogen-bond acceptors (Lipinski definition) is 3. The van der Waals surface area contributed by atoms with Crippen LogP contribution >= 0.6 is 0 Å². The first kappa shape index (κ1) is 15.3. The molecular weight excluding hydrogens is 248 g/mol. The fourth-order valence-corrected chi connectivity index (χ4v) is 2.86. The van der Waals surface area contributed by atoms with Crippen LogP contribution in [0.25, 0.3) is 0 Å². The Morgan fingerprint density at radius 1 is 1.40 bits per heavy atom. The van der Waals surface area contributed by atoms with Crippen LogP contribution in [0.3, 0.4) is 0 Å². The van der Waals surface area contributed by atoms with E-state index in [1.54, 1.807) is 7.11 Å². The molecule has 112 valence electrons. The molecule has 2 rings (SSSR count). The maximum absolute atomic E-state index is 5.54. The predicted molar refractivity (Wildman–Crippen MR) is 84.4 cm³/mol. The zero-order chi connectivity index (χ0) is 14.5. The molecular formula is C17H28N2O. The fourth-order valence-electron chi connectivity index (χ4n) is 2.86.